The van der Waals surface area contributed by atoms with E-state index in [4.69, 9.17) is 21.4 Å². The standard InChI is InChI=1S/C24H29ClN2O2/c1-23(2,3)20-11-21(27(26-20)19-6-4-18(25)5-7-19)29-22(28)24-12-15-8-16(13-24)10-17(9-15)14-24/h4-7,11,15-17H,8-10,12-14H2,1-3H3. The van der Waals surface area contributed by atoms with Crippen molar-refractivity contribution in [3.63, 3.8) is 0 Å². The number of ether oxygens (including phenoxy) is 1. The first kappa shape index (κ1) is 19.2. The number of benzene rings is 1. The Bertz CT molecular complexity index is 903. The Morgan fingerprint density at radius 2 is 1.62 bits per heavy atom. The maximum absolute atomic E-state index is 13.5. The summed E-state index contributed by atoms with van der Waals surface area (Å²) in [5.41, 5.74) is 1.32. The fourth-order valence-corrected chi connectivity index (χ4v) is 6.26. The first-order valence-corrected chi connectivity index (χ1v) is 11.2. The predicted molar refractivity (Wildman–Crippen MR) is 114 cm³/mol. The molecule has 4 saturated carbocycles. The summed E-state index contributed by atoms with van der Waals surface area (Å²) in [6.07, 6.45) is 6.92. The van der Waals surface area contributed by atoms with E-state index in [0.29, 0.717) is 28.7 Å². The molecule has 4 fully saturated rings. The van der Waals surface area contributed by atoms with Crippen LogP contribution in [-0.2, 0) is 10.2 Å². The van der Waals surface area contributed by atoms with Crippen molar-refractivity contribution in [1.29, 1.82) is 0 Å². The normalized spacial score (nSPS) is 30.6. The zero-order valence-corrected chi connectivity index (χ0v) is 18.2. The second-order valence-corrected chi connectivity index (χ2v) is 11.0. The van der Waals surface area contributed by atoms with Gasteiger partial charge in [-0.3, -0.25) is 4.79 Å². The van der Waals surface area contributed by atoms with Crippen LogP contribution < -0.4 is 4.74 Å². The molecule has 0 N–H and O–H groups in total. The lowest BCUT2D eigenvalue weighted by Crippen LogP contribution is -2.51. The van der Waals surface area contributed by atoms with E-state index >= 15 is 0 Å². The van der Waals surface area contributed by atoms with Gasteiger partial charge in [-0.2, -0.15) is 5.10 Å². The van der Waals surface area contributed by atoms with Crippen molar-refractivity contribution in [3.05, 3.63) is 41.0 Å². The molecule has 0 aliphatic heterocycles. The third-order valence-corrected chi connectivity index (χ3v) is 7.44. The second-order valence-electron chi connectivity index (χ2n) is 10.6. The highest BCUT2D eigenvalue weighted by atomic mass is 35.5. The number of esters is 1. The highest BCUT2D eigenvalue weighted by Crippen LogP contribution is 2.60. The molecule has 1 heterocycles. The quantitative estimate of drug-likeness (QED) is 0.585. The van der Waals surface area contributed by atoms with Gasteiger partial charge in [0.15, 0.2) is 0 Å². The number of rotatable bonds is 3. The number of halogens is 1. The van der Waals surface area contributed by atoms with Crippen LogP contribution in [0.5, 0.6) is 5.88 Å². The highest BCUT2D eigenvalue weighted by Gasteiger charge is 2.55. The Labute approximate surface area is 177 Å². The van der Waals surface area contributed by atoms with Gasteiger partial charge in [-0.1, -0.05) is 32.4 Å². The van der Waals surface area contributed by atoms with Crippen molar-refractivity contribution in [1.82, 2.24) is 9.78 Å². The van der Waals surface area contributed by atoms with Gasteiger partial charge in [0, 0.05) is 16.5 Å². The number of hydrogen-bond donors (Lipinski definition) is 0. The van der Waals surface area contributed by atoms with Crippen LogP contribution in [0.15, 0.2) is 30.3 Å². The predicted octanol–water partition coefficient (Wildman–Crippen LogP) is 5.95. The molecule has 2 aromatic rings. The van der Waals surface area contributed by atoms with Crippen molar-refractivity contribution < 1.29 is 9.53 Å². The zero-order valence-electron chi connectivity index (χ0n) is 17.5. The van der Waals surface area contributed by atoms with Gasteiger partial charge in [-0.25, -0.2) is 4.68 Å². The Kier molecular flexibility index (Phi) is 4.36. The molecule has 4 aliphatic rings. The maximum Gasteiger partial charge on any atom is 0.318 e. The van der Waals surface area contributed by atoms with Crippen molar-refractivity contribution in [2.45, 2.75) is 64.7 Å². The fourth-order valence-electron chi connectivity index (χ4n) is 6.13. The van der Waals surface area contributed by atoms with Crippen molar-refractivity contribution >= 4 is 17.6 Å². The fraction of sp³-hybridized carbons (Fsp3) is 0.583. The topological polar surface area (TPSA) is 44.1 Å². The molecule has 6 rings (SSSR count). The Morgan fingerprint density at radius 3 is 2.14 bits per heavy atom. The average Bonchev–Trinajstić information content (AvgIpc) is 3.05. The first-order chi connectivity index (χ1) is 13.7. The summed E-state index contributed by atoms with van der Waals surface area (Å²) < 4.78 is 7.86. The lowest BCUT2D eigenvalue weighted by atomic mass is 9.49. The number of nitrogens with zero attached hydrogens (tertiary/aromatic N) is 2. The lowest BCUT2D eigenvalue weighted by Gasteiger charge is -2.55. The Morgan fingerprint density at radius 1 is 1.07 bits per heavy atom. The van der Waals surface area contributed by atoms with Crippen LogP contribution in [0.2, 0.25) is 5.02 Å². The van der Waals surface area contributed by atoms with Gasteiger partial charge in [0.1, 0.15) is 0 Å². The molecular weight excluding hydrogens is 384 g/mol. The number of carbonyl (C=O) groups is 1. The number of carbonyl (C=O) groups excluding carboxylic acids is 1. The van der Waals surface area contributed by atoms with Gasteiger partial charge >= 0.3 is 5.97 Å². The van der Waals surface area contributed by atoms with Gasteiger partial charge in [-0.05, 0) is 80.5 Å². The van der Waals surface area contributed by atoms with Crippen LogP contribution in [-0.4, -0.2) is 15.7 Å². The molecule has 4 nitrogen and oxygen atoms in total. The van der Waals surface area contributed by atoms with Crippen molar-refractivity contribution in [3.8, 4) is 11.6 Å². The Hall–Kier alpha value is -1.81. The van der Waals surface area contributed by atoms with Crippen LogP contribution in [0, 0.1) is 23.2 Å². The van der Waals surface area contributed by atoms with Gasteiger partial charge < -0.3 is 4.74 Å². The van der Waals surface area contributed by atoms with Crippen LogP contribution in [0.3, 0.4) is 0 Å². The smallest absolute Gasteiger partial charge is 0.318 e. The molecule has 0 saturated heterocycles. The molecule has 0 radical (unpaired) electrons. The summed E-state index contributed by atoms with van der Waals surface area (Å²) >= 11 is 6.06. The van der Waals surface area contributed by atoms with Crippen molar-refractivity contribution in [2.75, 3.05) is 0 Å². The van der Waals surface area contributed by atoms with Crippen LogP contribution in [0.25, 0.3) is 5.69 Å². The van der Waals surface area contributed by atoms with E-state index in [0.717, 1.165) is 30.6 Å². The monoisotopic (exact) mass is 412 g/mol. The van der Waals surface area contributed by atoms with Crippen LogP contribution in [0.1, 0.15) is 65.0 Å². The number of aromatic nitrogens is 2. The van der Waals surface area contributed by atoms with Gasteiger partial charge in [-0.15, -0.1) is 0 Å². The van der Waals surface area contributed by atoms with E-state index in [1.807, 2.05) is 30.3 Å². The van der Waals surface area contributed by atoms with Crippen LogP contribution in [0.4, 0.5) is 0 Å². The summed E-state index contributed by atoms with van der Waals surface area (Å²) in [5.74, 6) is 2.59. The molecule has 1 aromatic carbocycles. The molecule has 5 heteroatoms. The van der Waals surface area contributed by atoms with E-state index in [2.05, 4.69) is 20.8 Å². The molecule has 4 aliphatic carbocycles. The van der Waals surface area contributed by atoms with E-state index in [1.165, 1.54) is 19.3 Å². The van der Waals surface area contributed by atoms with Gasteiger partial charge in [0.25, 0.3) is 0 Å². The minimum Gasteiger partial charge on any atom is -0.407 e. The SMILES string of the molecule is CC(C)(C)c1cc(OC(=O)C23CC4CC(CC(C4)C2)C3)n(-c2ccc(Cl)cc2)n1. The minimum absolute atomic E-state index is 0.0489. The molecule has 0 amide bonds. The third kappa shape index (κ3) is 3.39. The van der Waals surface area contributed by atoms with Crippen molar-refractivity contribution in [2.24, 2.45) is 23.2 Å². The van der Waals surface area contributed by atoms with Gasteiger partial charge in [0.2, 0.25) is 5.88 Å². The average molecular weight is 413 g/mol. The second kappa shape index (κ2) is 6.60. The molecule has 154 valence electrons. The zero-order chi connectivity index (χ0) is 20.4. The molecule has 0 atom stereocenters. The molecule has 0 spiro atoms. The summed E-state index contributed by atoms with van der Waals surface area (Å²) in [7, 11) is 0. The minimum atomic E-state index is -0.286. The summed E-state index contributed by atoms with van der Waals surface area (Å²) in [4.78, 5) is 13.5. The number of hydrogen-bond acceptors (Lipinski definition) is 3. The lowest BCUT2D eigenvalue weighted by molar-refractivity contribution is -0.162. The van der Waals surface area contributed by atoms with Gasteiger partial charge in [0.05, 0.1) is 16.8 Å². The molecule has 29 heavy (non-hydrogen) atoms. The molecular formula is C24H29ClN2O2. The highest BCUT2D eigenvalue weighted by molar-refractivity contribution is 6.30. The summed E-state index contributed by atoms with van der Waals surface area (Å²) in [6.45, 7) is 6.35. The first-order valence-electron chi connectivity index (χ1n) is 10.8. The molecule has 1 aromatic heterocycles. The van der Waals surface area contributed by atoms with E-state index in [-0.39, 0.29) is 16.8 Å². The van der Waals surface area contributed by atoms with E-state index < -0.39 is 0 Å². The maximum atomic E-state index is 13.5. The third-order valence-electron chi connectivity index (χ3n) is 7.18. The van der Waals surface area contributed by atoms with E-state index in [9.17, 15) is 4.79 Å². The van der Waals surface area contributed by atoms with E-state index in [1.54, 1.807) is 4.68 Å². The summed E-state index contributed by atoms with van der Waals surface area (Å²) in [5, 5.41) is 5.45. The van der Waals surface area contributed by atoms with Crippen LogP contribution >= 0.6 is 11.6 Å². The summed E-state index contributed by atoms with van der Waals surface area (Å²) in [6, 6.07) is 9.40. The molecule has 4 bridgehead atoms. The largest absolute Gasteiger partial charge is 0.407 e. The molecule has 0 unspecified atom stereocenters. The Balaban J connectivity index is 1.48.